The first-order valence-corrected chi connectivity index (χ1v) is 8.26. The SMILES string of the molecule is CS(=O)(=O)Nc1ccccc1NCc1ccc(Cl)cc1. The number of benzene rings is 2. The lowest BCUT2D eigenvalue weighted by atomic mass is 10.2. The lowest BCUT2D eigenvalue weighted by molar-refractivity contribution is 0.607. The smallest absolute Gasteiger partial charge is 0.229 e. The summed E-state index contributed by atoms with van der Waals surface area (Å²) in [5.74, 6) is 0. The number of sulfonamides is 1. The quantitative estimate of drug-likeness (QED) is 0.890. The van der Waals surface area contributed by atoms with Gasteiger partial charge in [-0.05, 0) is 29.8 Å². The van der Waals surface area contributed by atoms with Gasteiger partial charge in [0.05, 0.1) is 17.6 Å². The van der Waals surface area contributed by atoms with Crippen LogP contribution in [0.1, 0.15) is 5.56 Å². The van der Waals surface area contributed by atoms with Crippen molar-refractivity contribution in [1.82, 2.24) is 0 Å². The Kier molecular flexibility index (Phi) is 4.52. The molecule has 0 aliphatic rings. The van der Waals surface area contributed by atoms with Crippen molar-refractivity contribution < 1.29 is 8.42 Å². The van der Waals surface area contributed by atoms with Crippen LogP contribution in [0.3, 0.4) is 0 Å². The molecule has 0 heterocycles. The summed E-state index contributed by atoms with van der Waals surface area (Å²) in [5.41, 5.74) is 2.32. The molecule has 0 saturated carbocycles. The second-order valence-electron chi connectivity index (χ2n) is 4.40. The lowest BCUT2D eigenvalue weighted by Crippen LogP contribution is -2.11. The van der Waals surface area contributed by atoms with Crippen LogP contribution in [0, 0.1) is 0 Å². The first kappa shape index (κ1) is 14.7. The van der Waals surface area contributed by atoms with Gasteiger partial charge >= 0.3 is 0 Å². The molecule has 20 heavy (non-hydrogen) atoms. The summed E-state index contributed by atoms with van der Waals surface area (Å²) in [6.07, 6.45) is 1.13. The van der Waals surface area contributed by atoms with Crippen molar-refractivity contribution in [2.24, 2.45) is 0 Å². The van der Waals surface area contributed by atoms with Gasteiger partial charge in [0.15, 0.2) is 0 Å². The van der Waals surface area contributed by atoms with Gasteiger partial charge in [-0.1, -0.05) is 35.9 Å². The lowest BCUT2D eigenvalue weighted by Gasteiger charge is -2.12. The van der Waals surface area contributed by atoms with Gasteiger partial charge in [0, 0.05) is 11.6 Å². The van der Waals surface area contributed by atoms with Crippen LogP contribution in [-0.4, -0.2) is 14.7 Å². The van der Waals surface area contributed by atoms with Crippen LogP contribution in [0.15, 0.2) is 48.5 Å². The van der Waals surface area contributed by atoms with Gasteiger partial charge in [0.25, 0.3) is 0 Å². The van der Waals surface area contributed by atoms with E-state index in [4.69, 9.17) is 11.6 Å². The van der Waals surface area contributed by atoms with Gasteiger partial charge in [-0.2, -0.15) is 0 Å². The van der Waals surface area contributed by atoms with Crippen LogP contribution in [0.2, 0.25) is 5.02 Å². The molecule has 0 aliphatic heterocycles. The predicted octanol–water partition coefficient (Wildman–Crippen LogP) is 3.32. The van der Waals surface area contributed by atoms with E-state index >= 15 is 0 Å². The van der Waals surface area contributed by atoms with Crippen LogP contribution in [0.5, 0.6) is 0 Å². The van der Waals surface area contributed by atoms with Crippen LogP contribution >= 0.6 is 11.6 Å². The van der Waals surface area contributed by atoms with E-state index in [0.717, 1.165) is 17.5 Å². The minimum atomic E-state index is -3.30. The van der Waals surface area contributed by atoms with Crippen molar-refractivity contribution in [3.05, 3.63) is 59.1 Å². The molecule has 0 aromatic heterocycles. The molecule has 0 atom stereocenters. The van der Waals surface area contributed by atoms with Gasteiger partial charge < -0.3 is 5.32 Å². The molecule has 0 unspecified atom stereocenters. The molecule has 0 aliphatic carbocycles. The van der Waals surface area contributed by atoms with E-state index in [1.807, 2.05) is 36.4 Å². The van der Waals surface area contributed by atoms with Crippen LogP contribution in [0.4, 0.5) is 11.4 Å². The highest BCUT2D eigenvalue weighted by molar-refractivity contribution is 7.92. The number of para-hydroxylation sites is 2. The van der Waals surface area contributed by atoms with Gasteiger partial charge in [-0.15, -0.1) is 0 Å². The fourth-order valence-electron chi connectivity index (χ4n) is 1.73. The number of rotatable bonds is 5. The predicted molar refractivity (Wildman–Crippen MR) is 83.7 cm³/mol. The summed E-state index contributed by atoms with van der Waals surface area (Å²) in [6.45, 7) is 0.583. The Balaban J connectivity index is 2.11. The summed E-state index contributed by atoms with van der Waals surface area (Å²) < 4.78 is 25.1. The number of halogens is 1. The maximum atomic E-state index is 11.3. The topological polar surface area (TPSA) is 58.2 Å². The van der Waals surface area contributed by atoms with Crippen molar-refractivity contribution in [3.8, 4) is 0 Å². The fourth-order valence-corrected chi connectivity index (χ4v) is 2.43. The molecule has 0 spiro atoms. The highest BCUT2D eigenvalue weighted by Gasteiger charge is 2.06. The zero-order valence-electron chi connectivity index (χ0n) is 10.9. The normalized spacial score (nSPS) is 11.1. The van der Waals surface area contributed by atoms with E-state index in [1.165, 1.54) is 0 Å². The molecule has 106 valence electrons. The fraction of sp³-hybridized carbons (Fsp3) is 0.143. The molecular weight excluding hydrogens is 296 g/mol. The Morgan fingerprint density at radius 2 is 1.60 bits per heavy atom. The maximum absolute atomic E-state index is 11.3. The largest absolute Gasteiger partial charge is 0.379 e. The highest BCUT2D eigenvalue weighted by atomic mass is 35.5. The van der Waals surface area contributed by atoms with Crippen molar-refractivity contribution in [2.45, 2.75) is 6.54 Å². The van der Waals surface area contributed by atoms with Gasteiger partial charge in [-0.3, -0.25) is 4.72 Å². The van der Waals surface area contributed by atoms with E-state index in [2.05, 4.69) is 10.0 Å². The Bertz CT molecular complexity index is 685. The van der Waals surface area contributed by atoms with Crippen molar-refractivity contribution >= 4 is 33.0 Å². The van der Waals surface area contributed by atoms with E-state index in [1.54, 1.807) is 12.1 Å². The Morgan fingerprint density at radius 3 is 2.20 bits per heavy atom. The Morgan fingerprint density at radius 1 is 1.00 bits per heavy atom. The molecule has 0 saturated heterocycles. The highest BCUT2D eigenvalue weighted by Crippen LogP contribution is 2.22. The molecule has 2 aromatic rings. The van der Waals surface area contributed by atoms with E-state index in [9.17, 15) is 8.42 Å². The molecular formula is C14H15ClN2O2S. The molecule has 2 rings (SSSR count). The average molecular weight is 311 g/mol. The molecule has 0 fully saturated rings. The summed E-state index contributed by atoms with van der Waals surface area (Å²) in [7, 11) is -3.30. The third kappa shape index (κ3) is 4.43. The summed E-state index contributed by atoms with van der Waals surface area (Å²) in [5, 5.41) is 3.89. The molecule has 4 nitrogen and oxygen atoms in total. The second kappa shape index (κ2) is 6.15. The van der Waals surface area contributed by atoms with Crippen LogP contribution in [0.25, 0.3) is 0 Å². The van der Waals surface area contributed by atoms with Crippen LogP contribution < -0.4 is 10.0 Å². The molecule has 0 radical (unpaired) electrons. The average Bonchev–Trinajstić information content (AvgIpc) is 2.38. The number of hydrogen-bond donors (Lipinski definition) is 2. The van der Waals surface area contributed by atoms with Crippen LogP contribution in [-0.2, 0) is 16.6 Å². The van der Waals surface area contributed by atoms with Gasteiger partial charge in [0.1, 0.15) is 0 Å². The number of nitrogens with one attached hydrogen (secondary N) is 2. The third-order valence-electron chi connectivity index (χ3n) is 2.62. The van der Waals surface area contributed by atoms with E-state index < -0.39 is 10.0 Å². The number of hydrogen-bond acceptors (Lipinski definition) is 3. The summed E-state index contributed by atoms with van der Waals surface area (Å²) in [4.78, 5) is 0. The standard InChI is InChI=1S/C14H15ClN2O2S/c1-20(18,19)17-14-5-3-2-4-13(14)16-10-11-6-8-12(15)9-7-11/h2-9,16-17H,10H2,1H3. The minimum Gasteiger partial charge on any atom is -0.379 e. The monoisotopic (exact) mass is 310 g/mol. The molecule has 2 N–H and O–H groups in total. The maximum Gasteiger partial charge on any atom is 0.229 e. The van der Waals surface area contributed by atoms with Crippen molar-refractivity contribution in [1.29, 1.82) is 0 Å². The Hall–Kier alpha value is -1.72. The third-order valence-corrected chi connectivity index (χ3v) is 3.46. The zero-order chi connectivity index (χ0) is 14.6. The second-order valence-corrected chi connectivity index (χ2v) is 6.58. The van der Waals surface area contributed by atoms with Crippen molar-refractivity contribution in [2.75, 3.05) is 16.3 Å². The first-order valence-electron chi connectivity index (χ1n) is 5.99. The Labute approximate surface area is 123 Å². The van der Waals surface area contributed by atoms with Gasteiger partial charge in [-0.25, -0.2) is 8.42 Å². The van der Waals surface area contributed by atoms with Gasteiger partial charge in [0.2, 0.25) is 10.0 Å². The molecule has 6 heteroatoms. The van der Waals surface area contributed by atoms with E-state index in [-0.39, 0.29) is 0 Å². The van der Waals surface area contributed by atoms with E-state index in [0.29, 0.717) is 17.3 Å². The summed E-state index contributed by atoms with van der Waals surface area (Å²) >= 11 is 5.83. The zero-order valence-corrected chi connectivity index (χ0v) is 12.5. The first-order chi connectivity index (χ1) is 9.44. The van der Waals surface area contributed by atoms with Crippen molar-refractivity contribution in [3.63, 3.8) is 0 Å². The summed E-state index contributed by atoms with van der Waals surface area (Å²) in [6, 6.07) is 14.6. The molecule has 0 bridgehead atoms. The minimum absolute atomic E-state index is 0.531. The molecule has 0 amide bonds. The number of anilines is 2. The molecule has 2 aromatic carbocycles.